The van der Waals surface area contributed by atoms with Gasteiger partial charge >= 0.3 is 5.97 Å². The average molecular weight is 214 g/mol. The summed E-state index contributed by atoms with van der Waals surface area (Å²) in [5, 5.41) is 0. The molecule has 0 atom stereocenters. The summed E-state index contributed by atoms with van der Waals surface area (Å²) in [6.07, 6.45) is 4.80. The van der Waals surface area contributed by atoms with Gasteiger partial charge in [0.25, 0.3) is 0 Å². The van der Waals surface area contributed by atoms with E-state index < -0.39 is 0 Å². The molecule has 0 N–H and O–H groups in total. The highest BCUT2D eigenvalue weighted by Gasteiger charge is 2.19. The van der Waals surface area contributed by atoms with Gasteiger partial charge in [0.15, 0.2) is 0 Å². The Balaban J connectivity index is 2.12. The van der Waals surface area contributed by atoms with Crippen LogP contribution in [-0.2, 0) is 14.3 Å². The monoisotopic (exact) mass is 214 g/mol. The first-order valence-corrected chi connectivity index (χ1v) is 5.89. The Labute approximate surface area is 92.1 Å². The summed E-state index contributed by atoms with van der Waals surface area (Å²) in [6.45, 7) is 6.07. The van der Waals surface area contributed by atoms with Crippen LogP contribution in [0.25, 0.3) is 0 Å². The van der Waals surface area contributed by atoms with E-state index in [1.807, 2.05) is 13.8 Å². The van der Waals surface area contributed by atoms with Crippen LogP contribution in [0, 0.1) is 5.92 Å². The van der Waals surface area contributed by atoms with Crippen LogP contribution in [0.2, 0.25) is 0 Å². The van der Waals surface area contributed by atoms with Gasteiger partial charge in [-0.3, -0.25) is 0 Å². The number of esters is 1. The topological polar surface area (TPSA) is 35.5 Å². The van der Waals surface area contributed by atoms with E-state index in [0.29, 0.717) is 0 Å². The van der Waals surface area contributed by atoms with E-state index in [0.717, 1.165) is 18.8 Å². The third-order valence-electron chi connectivity index (χ3n) is 2.77. The van der Waals surface area contributed by atoms with Crippen LogP contribution in [0.15, 0.2) is 0 Å². The predicted molar refractivity (Wildman–Crippen MR) is 58.6 cm³/mol. The lowest BCUT2D eigenvalue weighted by atomic mass is 9.89. The molecule has 3 nitrogen and oxygen atoms in total. The second-order valence-electron chi connectivity index (χ2n) is 4.73. The Bertz CT molecular complexity index is 193. The lowest BCUT2D eigenvalue weighted by molar-refractivity contribution is -0.155. The summed E-state index contributed by atoms with van der Waals surface area (Å²) in [5.74, 6) is 0.566. The standard InChI is InChI=1S/C12H22O3/c1-9(2)15-12(13)8-14-11-6-4-10(3)5-7-11/h9-11H,4-8H2,1-3H3. The van der Waals surface area contributed by atoms with Crippen molar-refractivity contribution >= 4 is 5.97 Å². The molecule has 0 heterocycles. The first-order chi connectivity index (χ1) is 7.08. The molecule has 1 fully saturated rings. The number of carbonyl (C=O) groups is 1. The van der Waals surface area contributed by atoms with Gasteiger partial charge in [-0.05, 0) is 45.4 Å². The minimum absolute atomic E-state index is 0.0486. The van der Waals surface area contributed by atoms with Gasteiger partial charge in [0, 0.05) is 0 Å². The number of rotatable bonds is 4. The molecule has 0 amide bonds. The van der Waals surface area contributed by atoms with Crippen LogP contribution in [0.3, 0.4) is 0 Å². The van der Waals surface area contributed by atoms with Gasteiger partial charge in [-0.2, -0.15) is 0 Å². The molecule has 0 radical (unpaired) electrons. The summed E-state index contributed by atoms with van der Waals surface area (Å²) < 4.78 is 10.5. The molecule has 15 heavy (non-hydrogen) atoms. The Morgan fingerprint density at radius 2 is 1.87 bits per heavy atom. The van der Waals surface area contributed by atoms with Crippen LogP contribution < -0.4 is 0 Å². The van der Waals surface area contributed by atoms with Gasteiger partial charge in [-0.25, -0.2) is 4.79 Å². The molecule has 0 bridgehead atoms. The van der Waals surface area contributed by atoms with Crippen molar-refractivity contribution in [1.82, 2.24) is 0 Å². The fourth-order valence-corrected chi connectivity index (χ4v) is 1.88. The van der Waals surface area contributed by atoms with Crippen molar-refractivity contribution in [3.63, 3.8) is 0 Å². The Kier molecular flexibility index (Phi) is 5.09. The second-order valence-corrected chi connectivity index (χ2v) is 4.73. The zero-order valence-corrected chi connectivity index (χ0v) is 9.99. The van der Waals surface area contributed by atoms with Crippen LogP contribution in [0.4, 0.5) is 0 Å². The first-order valence-electron chi connectivity index (χ1n) is 5.89. The summed E-state index contributed by atoms with van der Waals surface area (Å²) in [6, 6.07) is 0. The molecule has 1 aliphatic carbocycles. The van der Waals surface area contributed by atoms with Crippen molar-refractivity contribution in [1.29, 1.82) is 0 Å². The third kappa shape index (κ3) is 5.17. The molecule has 1 rings (SSSR count). The van der Waals surface area contributed by atoms with Gasteiger partial charge < -0.3 is 9.47 Å². The van der Waals surface area contributed by atoms with E-state index >= 15 is 0 Å². The zero-order valence-electron chi connectivity index (χ0n) is 9.99. The molecule has 88 valence electrons. The minimum Gasteiger partial charge on any atom is -0.461 e. The van der Waals surface area contributed by atoms with Crippen molar-refractivity contribution in [3.8, 4) is 0 Å². The van der Waals surface area contributed by atoms with Crippen molar-refractivity contribution in [2.45, 2.75) is 58.7 Å². The quantitative estimate of drug-likeness (QED) is 0.675. The van der Waals surface area contributed by atoms with Crippen LogP contribution >= 0.6 is 0 Å². The first kappa shape index (κ1) is 12.5. The maximum atomic E-state index is 11.2. The maximum Gasteiger partial charge on any atom is 0.332 e. The van der Waals surface area contributed by atoms with Gasteiger partial charge in [0.2, 0.25) is 0 Å². The average Bonchev–Trinajstić information content (AvgIpc) is 2.16. The molecule has 0 aromatic carbocycles. The Morgan fingerprint density at radius 3 is 2.40 bits per heavy atom. The number of hydrogen-bond donors (Lipinski definition) is 0. The zero-order chi connectivity index (χ0) is 11.3. The van der Waals surface area contributed by atoms with E-state index in [1.54, 1.807) is 0 Å². The molecule has 1 saturated carbocycles. The molecule has 0 spiro atoms. The van der Waals surface area contributed by atoms with Crippen LogP contribution in [0.1, 0.15) is 46.5 Å². The lowest BCUT2D eigenvalue weighted by Gasteiger charge is -2.25. The van der Waals surface area contributed by atoms with Gasteiger partial charge in [-0.1, -0.05) is 6.92 Å². The lowest BCUT2D eigenvalue weighted by Crippen LogP contribution is -2.25. The SMILES string of the molecule is CC1CCC(OCC(=O)OC(C)C)CC1. The molecular weight excluding hydrogens is 192 g/mol. The third-order valence-corrected chi connectivity index (χ3v) is 2.77. The highest BCUT2D eigenvalue weighted by Crippen LogP contribution is 2.25. The van der Waals surface area contributed by atoms with Crippen LogP contribution in [0.5, 0.6) is 0 Å². The van der Waals surface area contributed by atoms with E-state index in [-0.39, 0.29) is 24.8 Å². The normalized spacial score (nSPS) is 26.7. The predicted octanol–water partition coefficient (Wildman–Crippen LogP) is 2.53. The van der Waals surface area contributed by atoms with E-state index in [4.69, 9.17) is 9.47 Å². The van der Waals surface area contributed by atoms with Gasteiger partial charge in [0.05, 0.1) is 12.2 Å². The molecule has 1 aliphatic rings. The fourth-order valence-electron chi connectivity index (χ4n) is 1.88. The second kappa shape index (κ2) is 6.11. The van der Waals surface area contributed by atoms with E-state index in [1.165, 1.54) is 12.8 Å². The van der Waals surface area contributed by atoms with Crippen molar-refractivity contribution in [3.05, 3.63) is 0 Å². The number of ether oxygens (including phenoxy) is 2. The van der Waals surface area contributed by atoms with Crippen molar-refractivity contribution in [2.24, 2.45) is 5.92 Å². The van der Waals surface area contributed by atoms with E-state index in [2.05, 4.69) is 6.92 Å². The summed E-state index contributed by atoms with van der Waals surface area (Å²) >= 11 is 0. The van der Waals surface area contributed by atoms with Crippen LogP contribution in [-0.4, -0.2) is 24.8 Å². The summed E-state index contributed by atoms with van der Waals surface area (Å²) in [5.41, 5.74) is 0. The van der Waals surface area contributed by atoms with E-state index in [9.17, 15) is 4.79 Å². The molecular formula is C12H22O3. The van der Waals surface area contributed by atoms with Gasteiger partial charge in [-0.15, -0.1) is 0 Å². The highest BCUT2D eigenvalue weighted by atomic mass is 16.6. The molecule has 0 aromatic rings. The summed E-state index contributed by atoms with van der Waals surface area (Å²) in [4.78, 5) is 11.2. The summed E-state index contributed by atoms with van der Waals surface area (Å²) in [7, 11) is 0. The molecule has 0 aliphatic heterocycles. The van der Waals surface area contributed by atoms with Crippen molar-refractivity contribution in [2.75, 3.05) is 6.61 Å². The highest BCUT2D eigenvalue weighted by molar-refractivity contribution is 5.70. The van der Waals surface area contributed by atoms with Gasteiger partial charge in [0.1, 0.15) is 6.61 Å². The van der Waals surface area contributed by atoms with Crippen molar-refractivity contribution < 1.29 is 14.3 Å². The fraction of sp³-hybridized carbons (Fsp3) is 0.917. The molecule has 3 heteroatoms. The Hall–Kier alpha value is -0.570. The number of carbonyl (C=O) groups excluding carboxylic acids is 1. The minimum atomic E-state index is -0.247. The molecule has 0 aromatic heterocycles. The maximum absolute atomic E-state index is 11.2. The largest absolute Gasteiger partial charge is 0.461 e. The smallest absolute Gasteiger partial charge is 0.332 e. The number of hydrogen-bond acceptors (Lipinski definition) is 3. The molecule has 0 unspecified atom stereocenters. The molecule has 0 saturated heterocycles. The Morgan fingerprint density at radius 1 is 1.27 bits per heavy atom.